The Hall–Kier alpha value is -3.13. The molecule has 0 amide bonds. The SMILES string of the molecule is COc1ccc(CO[C@@H]2[C@H](OCc3ccccc3)[C@@H](OCc3ccccc3)[C@H]3O[C@@H]2C[S+]3c2ccccc2)cc1. The highest BCUT2D eigenvalue weighted by Crippen LogP contribution is 2.42. The topological polar surface area (TPSA) is 46.2 Å². The van der Waals surface area contributed by atoms with E-state index >= 15 is 0 Å². The highest BCUT2D eigenvalue weighted by Gasteiger charge is 2.62. The smallest absolute Gasteiger partial charge is 0.253 e. The van der Waals surface area contributed by atoms with Crippen molar-refractivity contribution >= 4 is 10.9 Å². The molecule has 0 saturated carbocycles. The van der Waals surface area contributed by atoms with Gasteiger partial charge in [0.2, 0.25) is 0 Å². The molecule has 2 fully saturated rings. The van der Waals surface area contributed by atoms with E-state index in [-0.39, 0.29) is 40.7 Å². The lowest BCUT2D eigenvalue weighted by atomic mass is 10.00. The Bertz CT molecular complexity index is 1320. The number of methoxy groups -OCH3 is 1. The first-order chi connectivity index (χ1) is 19.8. The largest absolute Gasteiger partial charge is 0.497 e. The van der Waals surface area contributed by atoms with Gasteiger partial charge in [0.15, 0.2) is 11.0 Å². The summed E-state index contributed by atoms with van der Waals surface area (Å²) < 4.78 is 32.2. The van der Waals surface area contributed by atoms with E-state index in [0.29, 0.717) is 19.8 Å². The van der Waals surface area contributed by atoms with Gasteiger partial charge in [0, 0.05) is 0 Å². The Morgan fingerprint density at radius 1 is 0.600 bits per heavy atom. The monoisotopic (exact) mass is 555 g/mol. The number of hydrogen-bond donors (Lipinski definition) is 0. The minimum absolute atomic E-state index is 0.0795. The first-order valence-electron chi connectivity index (χ1n) is 13.7. The van der Waals surface area contributed by atoms with Crippen molar-refractivity contribution in [2.45, 2.75) is 54.6 Å². The molecule has 6 atom stereocenters. The highest BCUT2D eigenvalue weighted by molar-refractivity contribution is 7.97. The van der Waals surface area contributed by atoms with E-state index < -0.39 is 0 Å². The third-order valence-corrected chi connectivity index (χ3v) is 9.94. The van der Waals surface area contributed by atoms with Gasteiger partial charge in [-0.2, -0.15) is 0 Å². The molecule has 6 rings (SSSR count). The molecule has 4 aromatic carbocycles. The van der Waals surface area contributed by atoms with Crippen LogP contribution in [0.2, 0.25) is 0 Å². The van der Waals surface area contributed by atoms with Gasteiger partial charge in [-0.05, 0) is 41.0 Å². The van der Waals surface area contributed by atoms with Crippen molar-refractivity contribution in [3.63, 3.8) is 0 Å². The van der Waals surface area contributed by atoms with Gasteiger partial charge >= 0.3 is 0 Å². The van der Waals surface area contributed by atoms with Crippen LogP contribution in [0.15, 0.2) is 120 Å². The van der Waals surface area contributed by atoms with E-state index in [9.17, 15) is 0 Å². The fraction of sp³-hybridized carbons (Fsp3) is 0.294. The maximum atomic E-state index is 6.75. The van der Waals surface area contributed by atoms with Gasteiger partial charge in [-0.1, -0.05) is 91.0 Å². The molecule has 206 valence electrons. The summed E-state index contributed by atoms with van der Waals surface area (Å²) in [5, 5.41) is 0. The first-order valence-corrected chi connectivity index (χ1v) is 15.2. The Labute approximate surface area is 239 Å². The van der Waals surface area contributed by atoms with Crippen LogP contribution in [-0.4, -0.2) is 42.7 Å². The van der Waals surface area contributed by atoms with Crippen molar-refractivity contribution < 1.29 is 23.7 Å². The number of ether oxygens (including phenoxy) is 5. The summed E-state index contributed by atoms with van der Waals surface area (Å²) in [6, 6.07) is 39.3. The molecule has 2 saturated heterocycles. The molecule has 0 radical (unpaired) electrons. The Morgan fingerprint density at radius 2 is 1.10 bits per heavy atom. The first kappa shape index (κ1) is 27.1. The molecule has 5 nitrogen and oxygen atoms in total. The predicted octanol–water partition coefficient (Wildman–Crippen LogP) is 6.17. The van der Waals surface area contributed by atoms with Crippen molar-refractivity contribution in [2.24, 2.45) is 0 Å². The molecule has 2 heterocycles. The van der Waals surface area contributed by atoms with Crippen LogP contribution in [0.5, 0.6) is 5.75 Å². The lowest BCUT2D eigenvalue weighted by Crippen LogP contribution is -2.57. The average molecular weight is 556 g/mol. The van der Waals surface area contributed by atoms with Gasteiger partial charge in [-0.15, -0.1) is 0 Å². The van der Waals surface area contributed by atoms with Crippen LogP contribution < -0.4 is 4.74 Å². The van der Waals surface area contributed by atoms with E-state index in [0.717, 1.165) is 28.2 Å². The van der Waals surface area contributed by atoms with E-state index in [1.165, 1.54) is 4.90 Å². The molecule has 1 unspecified atom stereocenters. The van der Waals surface area contributed by atoms with Crippen LogP contribution in [0.1, 0.15) is 16.7 Å². The molecule has 0 spiro atoms. The summed E-state index contributed by atoms with van der Waals surface area (Å²) >= 11 is 0. The molecule has 2 aliphatic rings. The molecule has 0 N–H and O–H groups in total. The fourth-order valence-corrected chi connectivity index (χ4v) is 7.97. The molecule has 4 aromatic rings. The molecule has 40 heavy (non-hydrogen) atoms. The number of fused-ring (bicyclic) bond motifs is 2. The van der Waals surface area contributed by atoms with Crippen LogP contribution in [0.3, 0.4) is 0 Å². The molecule has 0 aliphatic carbocycles. The Kier molecular flexibility index (Phi) is 8.81. The van der Waals surface area contributed by atoms with Gasteiger partial charge in [-0.3, -0.25) is 0 Å². The van der Waals surface area contributed by atoms with Gasteiger partial charge in [-0.25, -0.2) is 0 Å². The number of benzene rings is 4. The van der Waals surface area contributed by atoms with Crippen LogP contribution in [0.4, 0.5) is 0 Å². The molecular formula is C34H35O5S+. The Balaban J connectivity index is 1.29. The van der Waals surface area contributed by atoms with Crippen LogP contribution in [0, 0.1) is 0 Å². The summed E-state index contributed by atoms with van der Waals surface area (Å²) in [7, 11) is 1.53. The lowest BCUT2D eigenvalue weighted by Gasteiger charge is -2.39. The van der Waals surface area contributed by atoms with Gasteiger partial charge < -0.3 is 23.7 Å². The fourth-order valence-electron chi connectivity index (χ4n) is 5.35. The molecular weight excluding hydrogens is 520 g/mol. The predicted molar refractivity (Wildman–Crippen MR) is 157 cm³/mol. The van der Waals surface area contributed by atoms with Gasteiger partial charge in [0.05, 0.1) is 37.8 Å². The van der Waals surface area contributed by atoms with Crippen LogP contribution >= 0.6 is 0 Å². The summed E-state index contributed by atoms with van der Waals surface area (Å²) in [4.78, 5) is 1.29. The Morgan fingerprint density at radius 3 is 1.68 bits per heavy atom. The van der Waals surface area contributed by atoms with E-state index in [1.54, 1.807) is 7.11 Å². The van der Waals surface area contributed by atoms with E-state index in [4.69, 9.17) is 23.7 Å². The van der Waals surface area contributed by atoms with Crippen molar-refractivity contribution in [2.75, 3.05) is 12.9 Å². The second kappa shape index (κ2) is 13.0. The number of hydrogen-bond acceptors (Lipinski definition) is 5. The van der Waals surface area contributed by atoms with E-state index in [2.05, 4.69) is 54.6 Å². The zero-order chi connectivity index (χ0) is 27.1. The second-order valence-electron chi connectivity index (χ2n) is 10.1. The summed E-state index contributed by atoms with van der Waals surface area (Å²) in [6.07, 6.45) is -0.924. The number of rotatable bonds is 11. The third-order valence-electron chi connectivity index (χ3n) is 7.43. The second-order valence-corrected chi connectivity index (χ2v) is 12.2. The van der Waals surface area contributed by atoms with E-state index in [1.807, 2.05) is 60.7 Å². The lowest BCUT2D eigenvalue weighted by molar-refractivity contribution is -0.236. The van der Waals surface area contributed by atoms with Crippen LogP contribution in [-0.2, 0) is 49.7 Å². The summed E-state index contributed by atoms with van der Waals surface area (Å²) in [5.41, 5.74) is 3.23. The average Bonchev–Trinajstić information content (AvgIpc) is 3.41. The molecule has 6 heteroatoms. The van der Waals surface area contributed by atoms with Crippen molar-refractivity contribution in [3.05, 3.63) is 132 Å². The maximum absolute atomic E-state index is 6.75. The minimum atomic E-state index is -0.285. The van der Waals surface area contributed by atoms with Gasteiger partial charge in [0.25, 0.3) is 5.44 Å². The van der Waals surface area contributed by atoms with Crippen LogP contribution in [0.25, 0.3) is 0 Å². The zero-order valence-corrected chi connectivity index (χ0v) is 23.5. The standard InChI is InChI=1S/C34H35O5S/c1-35-28-19-17-27(18-20-28)23-36-31-30-24-40(29-15-9-4-10-16-29)34(39-30)33(38-22-26-13-7-3-8-14-26)32(31)37-21-25-11-5-2-6-12-25/h2-20,30-34H,21-24H2,1H3/q+1/t30-,31+,32+,33-,34+,40?/m1/s1. The minimum Gasteiger partial charge on any atom is -0.497 e. The third kappa shape index (κ3) is 6.27. The molecule has 2 aliphatic heterocycles. The van der Waals surface area contributed by atoms with Crippen molar-refractivity contribution in [1.29, 1.82) is 0 Å². The zero-order valence-electron chi connectivity index (χ0n) is 22.6. The highest BCUT2D eigenvalue weighted by atomic mass is 32.2. The van der Waals surface area contributed by atoms with Crippen molar-refractivity contribution in [1.82, 2.24) is 0 Å². The maximum Gasteiger partial charge on any atom is 0.253 e. The normalized spacial score (nSPS) is 25.5. The van der Waals surface area contributed by atoms with Crippen molar-refractivity contribution in [3.8, 4) is 5.75 Å². The quantitative estimate of drug-likeness (QED) is 0.207. The molecule has 2 bridgehead atoms. The summed E-state index contributed by atoms with van der Waals surface area (Å²) in [6.45, 7) is 1.42. The van der Waals surface area contributed by atoms with Gasteiger partial charge in [0.1, 0.15) is 29.8 Å². The summed E-state index contributed by atoms with van der Waals surface area (Å²) in [5.74, 6) is 1.71. The molecule has 0 aromatic heterocycles.